The van der Waals surface area contributed by atoms with Crippen molar-refractivity contribution in [2.75, 3.05) is 5.32 Å². The molecule has 0 saturated carbocycles. The second-order valence-corrected chi connectivity index (χ2v) is 7.68. The van der Waals surface area contributed by atoms with E-state index in [2.05, 4.69) is 33.5 Å². The summed E-state index contributed by atoms with van der Waals surface area (Å²) in [6.45, 7) is 1.94. The summed E-state index contributed by atoms with van der Waals surface area (Å²) in [7, 11) is 0. The third-order valence-electron chi connectivity index (χ3n) is 4.72. The van der Waals surface area contributed by atoms with E-state index in [0.717, 1.165) is 34.7 Å². The summed E-state index contributed by atoms with van der Waals surface area (Å²) >= 11 is 1.47. The molecule has 0 aliphatic heterocycles. The Morgan fingerprint density at radius 3 is 2.81 bits per heavy atom. The van der Waals surface area contributed by atoms with Gasteiger partial charge in [-0.3, -0.25) is 9.78 Å². The Bertz CT molecular complexity index is 934. The first-order valence-electron chi connectivity index (χ1n) is 8.98. The molecule has 4 nitrogen and oxygen atoms in total. The third-order valence-corrected chi connectivity index (χ3v) is 5.81. The SMILES string of the molecule is Cc1nc(NC(=O)Cc2ccc3c(c2)CCCC3)sc1-c1ccccn1. The number of carbonyl (C=O) groups is 1. The van der Waals surface area contributed by atoms with Crippen LogP contribution in [0, 0.1) is 6.92 Å². The number of pyridine rings is 1. The molecule has 1 aliphatic rings. The van der Waals surface area contributed by atoms with Gasteiger partial charge in [-0.05, 0) is 61.4 Å². The van der Waals surface area contributed by atoms with Crippen molar-refractivity contribution in [3.05, 3.63) is 65.0 Å². The summed E-state index contributed by atoms with van der Waals surface area (Å²) in [5.74, 6) is -0.0259. The molecule has 0 bridgehead atoms. The lowest BCUT2D eigenvalue weighted by molar-refractivity contribution is -0.115. The van der Waals surface area contributed by atoms with Crippen LogP contribution in [-0.2, 0) is 24.1 Å². The van der Waals surface area contributed by atoms with Gasteiger partial charge in [0.2, 0.25) is 5.91 Å². The predicted molar refractivity (Wildman–Crippen MR) is 105 cm³/mol. The molecule has 0 unspecified atom stereocenters. The van der Waals surface area contributed by atoms with Crippen molar-refractivity contribution in [1.82, 2.24) is 9.97 Å². The maximum absolute atomic E-state index is 12.4. The molecule has 2 heterocycles. The normalized spacial score (nSPS) is 13.3. The highest BCUT2D eigenvalue weighted by molar-refractivity contribution is 7.19. The second-order valence-electron chi connectivity index (χ2n) is 6.68. The second kappa shape index (κ2) is 7.38. The Morgan fingerprint density at radius 2 is 2.00 bits per heavy atom. The zero-order valence-corrected chi connectivity index (χ0v) is 15.6. The molecule has 0 radical (unpaired) electrons. The van der Waals surface area contributed by atoms with Crippen molar-refractivity contribution in [3.8, 4) is 10.6 Å². The van der Waals surface area contributed by atoms with Gasteiger partial charge >= 0.3 is 0 Å². The minimum atomic E-state index is -0.0259. The number of benzene rings is 1. The molecular weight excluding hydrogens is 342 g/mol. The fourth-order valence-corrected chi connectivity index (χ4v) is 4.39. The van der Waals surface area contributed by atoms with Gasteiger partial charge in [0.15, 0.2) is 5.13 Å². The summed E-state index contributed by atoms with van der Waals surface area (Å²) in [6.07, 6.45) is 6.96. The smallest absolute Gasteiger partial charge is 0.230 e. The lowest BCUT2D eigenvalue weighted by Crippen LogP contribution is -2.15. The third kappa shape index (κ3) is 3.68. The molecule has 132 valence electrons. The summed E-state index contributed by atoms with van der Waals surface area (Å²) in [5.41, 5.74) is 5.69. The lowest BCUT2D eigenvalue weighted by Gasteiger charge is -2.16. The molecule has 0 saturated heterocycles. The number of carbonyl (C=O) groups excluding carboxylic acids is 1. The topological polar surface area (TPSA) is 54.9 Å². The Hall–Kier alpha value is -2.53. The molecule has 1 N–H and O–H groups in total. The largest absolute Gasteiger partial charge is 0.302 e. The molecule has 1 amide bonds. The maximum atomic E-state index is 12.4. The van der Waals surface area contributed by atoms with E-state index in [1.807, 2.05) is 25.1 Å². The highest BCUT2D eigenvalue weighted by Crippen LogP contribution is 2.31. The van der Waals surface area contributed by atoms with Crippen molar-refractivity contribution in [1.29, 1.82) is 0 Å². The van der Waals surface area contributed by atoms with Crippen LogP contribution >= 0.6 is 11.3 Å². The molecule has 2 aromatic heterocycles. The van der Waals surface area contributed by atoms with Gasteiger partial charge in [-0.15, -0.1) is 0 Å². The Balaban J connectivity index is 1.45. The number of amides is 1. The van der Waals surface area contributed by atoms with Gasteiger partial charge in [0.1, 0.15) is 0 Å². The predicted octanol–water partition coefficient (Wildman–Crippen LogP) is 4.57. The molecule has 26 heavy (non-hydrogen) atoms. The van der Waals surface area contributed by atoms with Crippen LogP contribution in [0.15, 0.2) is 42.6 Å². The summed E-state index contributed by atoms with van der Waals surface area (Å²) in [6, 6.07) is 12.3. The van der Waals surface area contributed by atoms with Gasteiger partial charge in [-0.25, -0.2) is 4.98 Å². The average Bonchev–Trinajstić information content (AvgIpc) is 3.02. The van der Waals surface area contributed by atoms with Crippen molar-refractivity contribution >= 4 is 22.4 Å². The van der Waals surface area contributed by atoms with E-state index in [1.54, 1.807) is 6.20 Å². The molecule has 4 rings (SSSR count). The van der Waals surface area contributed by atoms with Crippen LogP contribution in [0.5, 0.6) is 0 Å². The maximum Gasteiger partial charge on any atom is 0.230 e. The first-order chi connectivity index (χ1) is 12.7. The number of rotatable bonds is 4. The van der Waals surface area contributed by atoms with Crippen molar-refractivity contribution in [3.63, 3.8) is 0 Å². The average molecular weight is 363 g/mol. The van der Waals surface area contributed by atoms with E-state index < -0.39 is 0 Å². The van der Waals surface area contributed by atoms with Gasteiger partial charge in [-0.1, -0.05) is 35.6 Å². The zero-order chi connectivity index (χ0) is 17.9. The molecule has 1 aliphatic carbocycles. The van der Waals surface area contributed by atoms with Crippen LogP contribution in [-0.4, -0.2) is 15.9 Å². The summed E-state index contributed by atoms with van der Waals surface area (Å²) < 4.78 is 0. The van der Waals surface area contributed by atoms with Crippen LogP contribution in [0.2, 0.25) is 0 Å². The molecule has 0 spiro atoms. The number of hydrogen-bond acceptors (Lipinski definition) is 4. The summed E-state index contributed by atoms with van der Waals surface area (Å²) in [5, 5.41) is 3.57. The van der Waals surface area contributed by atoms with Crippen LogP contribution in [0.1, 0.15) is 35.2 Å². The molecule has 5 heteroatoms. The van der Waals surface area contributed by atoms with E-state index in [0.29, 0.717) is 11.6 Å². The van der Waals surface area contributed by atoms with E-state index in [1.165, 1.54) is 35.3 Å². The number of nitrogens with zero attached hydrogens (tertiary/aromatic N) is 2. The fourth-order valence-electron chi connectivity index (χ4n) is 3.43. The number of aryl methyl sites for hydroxylation is 3. The van der Waals surface area contributed by atoms with Crippen LogP contribution in [0.3, 0.4) is 0 Å². The standard InChI is InChI=1S/C21H21N3OS/c1-14-20(18-8-4-5-11-22-18)26-21(23-14)24-19(25)13-15-9-10-16-6-2-3-7-17(16)12-15/h4-5,8-12H,2-3,6-7,13H2,1H3,(H,23,24,25). The minimum absolute atomic E-state index is 0.0259. The fraction of sp³-hybridized carbons (Fsp3) is 0.286. The number of anilines is 1. The zero-order valence-electron chi connectivity index (χ0n) is 14.8. The van der Waals surface area contributed by atoms with E-state index in [4.69, 9.17) is 0 Å². The quantitative estimate of drug-likeness (QED) is 0.738. The molecule has 1 aromatic carbocycles. The first-order valence-corrected chi connectivity index (χ1v) is 9.80. The first kappa shape index (κ1) is 16.9. The monoisotopic (exact) mass is 363 g/mol. The number of thiazole rings is 1. The van der Waals surface area contributed by atoms with Gasteiger partial charge < -0.3 is 5.32 Å². The van der Waals surface area contributed by atoms with E-state index in [9.17, 15) is 4.79 Å². The lowest BCUT2D eigenvalue weighted by atomic mass is 9.90. The number of fused-ring (bicyclic) bond motifs is 1. The molecule has 0 fully saturated rings. The molecular formula is C21H21N3OS. The highest BCUT2D eigenvalue weighted by Gasteiger charge is 2.14. The van der Waals surface area contributed by atoms with E-state index >= 15 is 0 Å². The number of nitrogens with one attached hydrogen (secondary N) is 1. The Morgan fingerprint density at radius 1 is 1.15 bits per heavy atom. The molecule has 0 atom stereocenters. The van der Waals surface area contributed by atoms with Crippen molar-refractivity contribution in [2.24, 2.45) is 0 Å². The highest BCUT2D eigenvalue weighted by atomic mass is 32.1. The summed E-state index contributed by atoms with van der Waals surface area (Å²) in [4.78, 5) is 22.3. The Kier molecular flexibility index (Phi) is 4.80. The minimum Gasteiger partial charge on any atom is -0.302 e. The van der Waals surface area contributed by atoms with Gasteiger partial charge in [0.25, 0.3) is 0 Å². The van der Waals surface area contributed by atoms with E-state index in [-0.39, 0.29) is 5.91 Å². The van der Waals surface area contributed by atoms with Gasteiger partial charge in [0.05, 0.1) is 22.7 Å². The molecule has 3 aromatic rings. The van der Waals surface area contributed by atoms with Crippen molar-refractivity contribution < 1.29 is 4.79 Å². The number of aromatic nitrogens is 2. The Labute approximate surface area is 157 Å². The van der Waals surface area contributed by atoms with Crippen LogP contribution < -0.4 is 5.32 Å². The van der Waals surface area contributed by atoms with Crippen LogP contribution in [0.25, 0.3) is 10.6 Å². The van der Waals surface area contributed by atoms with Crippen molar-refractivity contribution in [2.45, 2.75) is 39.0 Å². The van der Waals surface area contributed by atoms with Crippen LogP contribution in [0.4, 0.5) is 5.13 Å². The van der Waals surface area contributed by atoms with Gasteiger partial charge in [-0.2, -0.15) is 0 Å². The number of hydrogen-bond donors (Lipinski definition) is 1. The van der Waals surface area contributed by atoms with Gasteiger partial charge in [0, 0.05) is 6.20 Å².